The lowest BCUT2D eigenvalue weighted by atomic mass is 9.75. The SMILES string of the molecule is Cn1ccc2c1-c1ccccc1N[C@@]2(CCCO)c1ccc(C(F)(F)F)cc1. The van der Waals surface area contributed by atoms with Gasteiger partial charge in [0.2, 0.25) is 0 Å². The summed E-state index contributed by atoms with van der Waals surface area (Å²) in [6, 6.07) is 15.2. The van der Waals surface area contributed by atoms with Crippen molar-refractivity contribution in [2.24, 2.45) is 7.05 Å². The summed E-state index contributed by atoms with van der Waals surface area (Å²) in [6.07, 6.45) is -1.34. The first-order valence-corrected chi connectivity index (χ1v) is 9.19. The molecule has 0 amide bonds. The summed E-state index contributed by atoms with van der Waals surface area (Å²) in [4.78, 5) is 0. The Labute approximate surface area is 161 Å². The first-order chi connectivity index (χ1) is 13.4. The molecule has 0 fully saturated rings. The maximum atomic E-state index is 13.0. The molecule has 1 aliphatic rings. The molecule has 4 rings (SSSR count). The van der Waals surface area contributed by atoms with Crippen molar-refractivity contribution >= 4 is 5.69 Å². The molecule has 0 spiro atoms. The van der Waals surface area contributed by atoms with Crippen LogP contribution in [-0.4, -0.2) is 16.3 Å². The molecule has 1 atom stereocenters. The quantitative estimate of drug-likeness (QED) is 0.651. The molecule has 6 heteroatoms. The van der Waals surface area contributed by atoms with Gasteiger partial charge in [-0.15, -0.1) is 0 Å². The molecule has 1 aliphatic heterocycles. The zero-order valence-electron chi connectivity index (χ0n) is 15.4. The van der Waals surface area contributed by atoms with E-state index in [1.165, 1.54) is 12.1 Å². The van der Waals surface area contributed by atoms with Gasteiger partial charge in [-0.05, 0) is 42.7 Å². The van der Waals surface area contributed by atoms with Crippen LogP contribution in [0.1, 0.15) is 29.5 Å². The second-order valence-electron chi connectivity index (χ2n) is 7.17. The van der Waals surface area contributed by atoms with Crippen molar-refractivity contribution in [3.63, 3.8) is 0 Å². The Morgan fingerprint density at radius 1 is 1.04 bits per heavy atom. The predicted molar refractivity (Wildman–Crippen MR) is 103 cm³/mol. The summed E-state index contributed by atoms with van der Waals surface area (Å²) >= 11 is 0. The summed E-state index contributed by atoms with van der Waals surface area (Å²) in [5.74, 6) is 0. The number of aryl methyl sites for hydroxylation is 1. The molecule has 3 nitrogen and oxygen atoms in total. The fraction of sp³-hybridized carbons (Fsp3) is 0.273. The second-order valence-corrected chi connectivity index (χ2v) is 7.17. The van der Waals surface area contributed by atoms with E-state index in [1.54, 1.807) is 0 Å². The third kappa shape index (κ3) is 2.88. The van der Waals surface area contributed by atoms with Crippen molar-refractivity contribution in [3.8, 4) is 11.3 Å². The van der Waals surface area contributed by atoms with Gasteiger partial charge in [-0.25, -0.2) is 0 Å². The van der Waals surface area contributed by atoms with Crippen LogP contribution < -0.4 is 5.32 Å². The Morgan fingerprint density at radius 3 is 2.43 bits per heavy atom. The van der Waals surface area contributed by atoms with Crippen LogP contribution in [-0.2, 0) is 18.8 Å². The highest BCUT2D eigenvalue weighted by Gasteiger charge is 2.41. The van der Waals surface area contributed by atoms with E-state index >= 15 is 0 Å². The van der Waals surface area contributed by atoms with Crippen LogP contribution in [0.5, 0.6) is 0 Å². The van der Waals surface area contributed by atoms with Gasteiger partial charge < -0.3 is 15.0 Å². The number of nitrogens with one attached hydrogen (secondary N) is 1. The first kappa shape index (κ1) is 18.6. The molecule has 1 aromatic heterocycles. The third-order valence-electron chi connectivity index (χ3n) is 5.48. The Balaban J connectivity index is 1.91. The van der Waals surface area contributed by atoms with Crippen LogP contribution in [0.15, 0.2) is 60.8 Å². The van der Waals surface area contributed by atoms with E-state index in [9.17, 15) is 18.3 Å². The minimum Gasteiger partial charge on any atom is -0.396 e. The van der Waals surface area contributed by atoms with Gasteiger partial charge in [-0.2, -0.15) is 13.2 Å². The predicted octanol–water partition coefficient (Wildman–Crippen LogP) is 5.15. The number of benzene rings is 2. The number of alkyl halides is 3. The molecule has 0 aliphatic carbocycles. The number of aliphatic hydroxyl groups excluding tert-OH is 1. The molecular weight excluding hydrogens is 365 g/mol. The maximum absolute atomic E-state index is 13.0. The van der Waals surface area contributed by atoms with E-state index in [0.29, 0.717) is 12.8 Å². The molecule has 0 saturated heterocycles. The summed E-state index contributed by atoms with van der Waals surface area (Å²) in [6.45, 7) is 0.00782. The van der Waals surface area contributed by atoms with Crippen molar-refractivity contribution < 1.29 is 18.3 Å². The van der Waals surface area contributed by atoms with Crippen LogP contribution in [0.25, 0.3) is 11.3 Å². The Hall–Kier alpha value is -2.73. The number of fused-ring (bicyclic) bond motifs is 3. The number of nitrogens with zero attached hydrogens (tertiary/aromatic N) is 1. The summed E-state index contributed by atoms with van der Waals surface area (Å²) < 4.78 is 41.2. The van der Waals surface area contributed by atoms with Crippen LogP contribution in [0.4, 0.5) is 18.9 Å². The summed E-state index contributed by atoms with van der Waals surface area (Å²) in [7, 11) is 1.96. The van der Waals surface area contributed by atoms with E-state index in [0.717, 1.165) is 40.2 Å². The van der Waals surface area contributed by atoms with Gasteiger partial charge in [0, 0.05) is 36.7 Å². The third-order valence-corrected chi connectivity index (χ3v) is 5.48. The van der Waals surface area contributed by atoms with Crippen molar-refractivity contribution in [2.45, 2.75) is 24.6 Å². The number of para-hydroxylation sites is 1. The molecular formula is C22H21F3N2O. The fourth-order valence-electron chi connectivity index (χ4n) is 4.16. The number of aromatic nitrogens is 1. The molecule has 0 unspecified atom stereocenters. The number of hydrogen-bond acceptors (Lipinski definition) is 2. The van der Waals surface area contributed by atoms with Crippen LogP contribution in [0, 0.1) is 0 Å². The summed E-state index contributed by atoms with van der Waals surface area (Å²) in [5, 5.41) is 13.1. The largest absolute Gasteiger partial charge is 0.416 e. The number of rotatable bonds is 4. The van der Waals surface area contributed by atoms with Gasteiger partial charge in [-0.3, -0.25) is 0 Å². The van der Waals surface area contributed by atoms with Gasteiger partial charge in [0.1, 0.15) is 0 Å². The highest BCUT2D eigenvalue weighted by Crippen LogP contribution is 2.49. The van der Waals surface area contributed by atoms with Crippen molar-refractivity contribution in [1.82, 2.24) is 4.57 Å². The number of halogens is 3. The minimum absolute atomic E-state index is 0.00782. The fourth-order valence-corrected chi connectivity index (χ4v) is 4.16. The Kier molecular flexibility index (Phi) is 4.46. The van der Waals surface area contributed by atoms with Gasteiger partial charge in [0.15, 0.2) is 0 Å². The van der Waals surface area contributed by atoms with Crippen molar-refractivity contribution in [1.29, 1.82) is 0 Å². The lowest BCUT2D eigenvalue weighted by molar-refractivity contribution is -0.137. The minimum atomic E-state index is -4.37. The molecule has 0 bridgehead atoms. The lowest BCUT2D eigenvalue weighted by Gasteiger charge is -2.41. The van der Waals surface area contributed by atoms with Crippen molar-refractivity contribution in [2.75, 3.05) is 11.9 Å². The van der Waals surface area contributed by atoms with Crippen molar-refractivity contribution in [3.05, 3.63) is 77.5 Å². The molecule has 2 aromatic carbocycles. The van der Waals surface area contributed by atoms with E-state index in [4.69, 9.17) is 0 Å². The van der Waals surface area contributed by atoms with Crippen LogP contribution in [0.3, 0.4) is 0 Å². The smallest absolute Gasteiger partial charge is 0.396 e. The topological polar surface area (TPSA) is 37.2 Å². The zero-order valence-corrected chi connectivity index (χ0v) is 15.4. The van der Waals surface area contributed by atoms with Gasteiger partial charge >= 0.3 is 6.18 Å². The first-order valence-electron chi connectivity index (χ1n) is 9.19. The van der Waals surface area contributed by atoms with Gasteiger partial charge in [0.05, 0.1) is 16.8 Å². The van der Waals surface area contributed by atoms with Crippen LogP contribution in [0.2, 0.25) is 0 Å². The van der Waals surface area contributed by atoms with E-state index in [1.807, 2.05) is 48.1 Å². The number of aliphatic hydroxyl groups is 1. The van der Waals surface area contributed by atoms with Gasteiger partial charge in [-0.1, -0.05) is 30.3 Å². The second kappa shape index (κ2) is 6.71. The molecule has 0 saturated carbocycles. The monoisotopic (exact) mass is 386 g/mol. The van der Waals surface area contributed by atoms with E-state index < -0.39 is 17.3 Å². The highest BCUT2D eigenvalue weighted by molar-refractivity contribution is 5.84. The normalized spacial score (nSPS) is 18.3. The Morgan fingerprint density at radius 2 is 1.75 bits per heavy atom. The van der Waals surface area contributed by atoms with Crippen LogP contribution >= 0.6 is 0 Å². The van der Waals surface area contributed by atoms with Gasteiger partial charge in [0.25, 0.3) is 0 Å². The molecule has 3 aromatic rings. The molecule has 2 heterocycles. The average Bonchev–Trinajstić information content (AvgIpc) is 3.08. The lowest BCUT2D eigenvalue weighted by Crippen LogP contribution is -2.39. The molecule has 0 radical (unpaired) electrons. The summed E-state index contributed by atoms with van der Waals surface area (Å²) in [5.41, 5.74) is 3.38. The molecule has 2 N–H and O–H groups in total. The molecule has 146 valence electrons. The van der Waals surface area contributed by atoms with E-state index in [2.05, 4.69) is 5.32 Å². The number of hydrogen-bond donors (Lipinski definition) is 2. The number of anilines is 1. The maximum Gasteiger partial charge on any atom is 0.416 e. The molecule has 28 heavy (non-hydrogen) atoms. The average molecular weight is 386 g/mol. The highest BCUT2D eigenvalue weighted by atomic mass is 19.4. The standard InChI is InChI=1S/C22H21F3N2O/c1-27-13-11-18-20(27)17-5-2-3-6-19(17)26-21(18,12-4-14-28)15-7-9-16(10-8-15)22(23,24)25/h2-3,5-11,13,26,28H,4,12,14H2,1H3/t21-/m0/s1. The Bertz CT molecular complexity index is 992. The zero-order chi connectivity index (χ0) is 19.9. The van der Waals surface area contributed by atoms with E-state index in [-0.39, 0.29) is 6.61 Å².